The van der Waals surface area contributed by atoms with Crippen molar-refractivity contribution in [2.45, 2.75) is 44.6 Å². The summed E-state index contributed by atoms with van der Waals surface area (Å²) >= 11 is 0. The van der Waals surface area contributed by atoms with Crippen LogP contribution in [0, 0.1) is 0 Å². The van der Waals surface area contributed by atoms with Gasteiger partial charge in [0.1, 0.15) is 5.41 Å². The summed E-state index contributed by atoms with van der Waals surface area (Å²) in [5.41, 5.74) is 0.0147. The van der Waals surface area contributed by atoms with E-state index in [1.807, 2.05) is 6.92 Å². The Hall–Kier alpha value is -0.653. The predicted octanol–water partition coefficient (Wildman–Crippen LogP) is 0.976. The fourth-order valence-corrected chi connectivity index (χ4v) is 1.69. The molecular weight excluding hydrogens is 236 g/mol. The molecule has 17 heavy (non-hydrogen) atoms. The number of ether oxygens (including phenoxy) is 3. The van der Waals surface area contributed by atoms with Crippen molar-refractivity contribution >= 4 is 16.2 Å². The predicted molar refractivity (Wildman–Crippen MR) is 70.9 cm³/mol. The number of rotatable bonds is 8. The van der Waals surface area contributed by atoms with Gasteiger partial charge in [-0.15, -0.1) is 0 Å². The zero-order valence-electron chi connectivity index (χ0n) is 11.5. The van der Waals surface area contributed by atoms with Gasteiger partial charge in [0.05, 0.1) is 16.3 Å². The van der Waals surface area contributed by atoms with Gasteiger partial charge in [0.15, 0.2) is 0 Å². The van der Waals surface area contributed by atoms with Crippen molar-refractivity contribution in [2.24, 2.45) is 0 Å². The third-order valence-corrected chi connectivity index (χ3v) is 4.08. The lowest BCUT2D eigenvalue weighted by Gasteiger charge is -2.27. The van der Waals surface area contributed by atoms with Crippen LogP contribution in [0.4, 0.5) is 0 Å². The van der Waals surface area contributed by atoms with Crippen molar-refractivity contribution < 1.29 is 19.0 Å². The smallest absolute Gasteiger partial charge is 0.333 e. The van der Waals surface area contributed by atoms with Crippen LogP contribution in [0.2, 0.25) is 0 Å². The Morgan fingerprint density at radius 2 is 1.94 bits per heavy atom. The lowest BCUT2D eigenvalue weighted by molar-refractivity contribution is -0.149. The van der Waals surface area contributed by atoms with Crippen LogP contribution in [0.3, 0.4) is 0 Å². The Kier molecular flexibility index (Phi) is 7.34. The highest BCUT2D eigenvalue weighted by Crippen LogP contribution is 2.17. The lowest BCUT2D eigenvalue weighted by atomic mass is 10.1. The second-order valence-corrected chi connectivity index (χ2v) is 5.95. The highest BCUT2D eigenvalue weighted by molar-refractivity contribution is 6.13. The van der Waals surface area contributed by atoms with E-state index in [0.29, 0.717) is 5.57 Å². The molecule has 0 aliphatic heterocycles. The van der Waals surface area contributed by atoms with E-state index in [2.05, 4.69) is 6.58 Å². The molecule has 1 unspecified atom stereocenters. The quantitative estimate of drug-likeness (QED) is 0.282. The average Bonchev–Trinajstić information content (AvgIpc) is 2.28. The third-order valence-electron chi connectivity index (χ3n) is 2.76. The fraction of sp³-hybridized carbons (Fsp3) is 0.750. The summed E-state index contributed by atoms with van der Waals surface area (Å²) in [5.74, 6) is -0.326. The summed E-state index contributed by atoms with van der Waals surface area (Å²) in [4.78, 5) is 11.3. The number of hydrogen-bond donors (Lipinski definition) is 0. The Bertz CT molecular complexity index is 261. The molecule has 100 valence electrons. The van der Waals surface area contributed by atoms with Crippen molar-refractivity contribution in [3.05, 3.63) is 12.2 Å². The fourth-order valence-electron chi connectivity index (χ4n) is 1.34. The van der Waals surface area contributed by atoms with Crippen LogP contribution in [0.1, 0.15) is 33.1 Å². The summed E-state index contributed by atoms with van der Waals surface area (Å²) in [5, 5.41) is 0. The minimum absolute atomic E-state index is 0.0983. The topological polar surface area (TPSA) is 44.8 Å². The van der Waals surface area contributed by atoms with E-state index in [-0.39, 0.29) is 12.1 Å². The molecule has 0 rings (SSSR count). The molecule has 0 bridgehead atoms. The van der Waals surface area contributed by atoms with Gasteiger partial charge >= 0.3 is 5.97 Å². The van der Waals surface area contributed by atoms with Crippen LogP contribution in [0.25, 0.3) is 0 Å². The molecule has 0 aromatic heterocycles. The van der Waals surface area contributed by atoms with Gasteiger partial charge in [0, 0.05) is 19.8 Å². The maximum Gasteiger partial charge on any atom is 0.333 e. The van der Waals surface area contributed by atoms with Gasteiger partial charge in [-0.25, -0.2) is 4.79 Å². The first-order valence-electron chi connectivity index (χ1n) is 5.81. The Morgan fingerprint density at radius 3 is 2.35 bits per heavy atom. The van der Waals surface area contributed by atoms with E-state index in [0.717, 1.165) is 29.5 Å². The zero-order valence-corrected chi connectivity index (χ0v) is 13.5. The summed E-state index contributed by atoms with van der Waals surface area (Å²) in [6.45, 7) is 7.08. The summed E-state index contributed by atoms with van der Waals surface area (Å²) < 4.78 is 15.8. The first-order valence-corrected chi connectivity index (χ1v) is 6.81. The number of hydrogen-bond acceptors (Lipinski definition) is 4. The molecule has 0 saturated carbocycles. The molecule has 1 atom stereocenters. The minimum Gasteiger partial charge on any atom is -0.459 e. The standard InChI is InChI=1S/C12H24O4Si/c1-9(2)11(13)16-10(3)7-6-8-12(17,14-4)15-5/h10H,1,6-8H2,2-5,17H3. The van der Waals surface area contributed by atoms with Crippen LogP contribution in [-0.4, -0.2) is 41.9 Å². The van der Waals surface area contributed by atoms with Crippen LogP contribution >= 0.6 is 0 Å². The average molecular weight is 260 g/mol. The SMILES string of the molecule is C=C(C)C(=O)OC(C)CCCC([SiH3])(OC)OC. The molecule has 4 nitrogen and oxygen atoms in total. The van der Waals surface area contributed by atoms with Gasteiger partial charge in [-0.1, -0.05) is 6.58 Å². The van der Waals surface area contributed by atoms with Crippen molar-refractivity contribution in [2.75, 3.05) is 14.2 Å². The number of carbonyl (C=O) groups is 1. The van der Waals surface area contributed by atoms with Gasteiger partial charge in [0.2, 0.25) is 0 Å². The van der Waals surface area contributed by atoms with Crippen LogP contribution in [0.5, 0.6) is 0 Å². The zero-order chi connectivity index (χ0) is 13.5. The molecule has 0 amide bonds. The summed E-state index contributed by atoms with van der Waals surface area (Å²) in [6, 6.07) is 0. The molecular formula is C12H24O4Si. The molecule has 0 heterocycles. The van der Waals surface area contributed by atoms with E-state index in [9.17, 15) is 4.79 Å². The molecule has 0 fully saturated rings. The third kappa shape index (κ3) is 6.60. The number of methoxy groups -OCH3 is 2. The molecule has 0 spiro atoms. The minimum atomic E-state index is -0.419. The van der Waals surface area contributed by atoms with Gasteiger partial charge in [-0.05, 0) is 33.1 Å². The van der Waals surface area contributed by atoms with E-state index >= 15 is 0 Å². The molecule has 0 radical (unpaired) electrons. The highest BCUT2D eigenvalue weighted by Gasteiger charge is 2.22. The summed E-state index contributed by atoms with van der Waals surface area (Å²) in [6.07, 6.45) is 2.42. The highest BCUT2D eigenvalue weighted by atomic mass is 28.1. The Balaban J connectivity index is 3.89. The Labute approximate surface area is 107 Å². The number of esters is 1. The van der Waals surface area contributed by atoms with Gasteiger partial charge < -0.3 is 14.2 Å². The Morgan fingerprint density at radius 1 is 1.41 bits per heavy atom. The van der Waals surface area contributed by atoms with Crippen molar-refractivity contribution in [3.63, 3.8) is 0 Å². The second kappa shape index (κ2) is 7.63. The molecule has 5 heteroatoms. The molecule has 0 aromatic carbocycles. The first kappa shape index (κ1) is 16.3. The van der Waals surface area contributed by atoms with E-state index < -0.39 is 5.41 Å². The molecule has 0 saturated heterocycles. The van der Waals surface area contributed by atoms with Gasteiger partial charge in [-0.3, -0.25) is 0 Å². The largest absolute Gasteiger partial charge is 0.459 e. The summed E-state index contributed by atoms with van der Waals surface area (Å²) in [7, 11) is 4.12. The maximum absolute atomic E-state index is 11.3. The molecule has 0 aromatic rings. The van der Waals surface area contributed by atoms with Gasteiger partial charge in [0.25, 0.3) is 0 Å². The molecule has 0 aliphatic rings. The van der Waals surface area contributed by atoms with Crippen molar-refractivity contribution in [1.29, 1.82) is 0 Å². The van der Waals surface area contributed by atoms with E-state index in [4.69, 9.17) is 14.2 Å². The van der Waals surface area contributed by atoms with Crippen molar-refractivity contribution in [1.82, 2.24) is 0 Å². The van der Waals surface area contributed by atoms with E-state index in [1.54, 1.807) is 21.1 Å². The normalized spacial score (nSPS) is 13.4. The maximum atomic E-state index is 11.3. The monoisotopic (exact) mass is 260 g/mol. The number of carbonyl (C=O) groups excluding carboxylic acids is 1. The molecule has 0 aliphatic carbocycles. The van der Waals surface area contributed by atoms with Crippen molar-refractivity contribution in [3.8, 4) is 0 Å². The molecule has 0 N–H and O–H groups in total. The van der Waals surface area contributed by atoms with Crippen LogP contribution in [-0.2, 0) is 19.0 Å². The van der Waals surface area contributed by atoms with Gasteiger partial charge in [-0.2, -0.15) is 0 Å². The van der Waals surface area contributed by atoms with Crippen LogP contribution in [0.15, 0.2) is 12.2 Å². The van der Waals surface area contributed by atoms with E-state index in [1.165, 1.54) is 0 Å². The second-order valence-electron chi connectivity index (χ2n) is 4.43. The first-order chi connectivity index (χ1) is 7.84. The van der Waals surface area contributed by atoms with Crippen LogP contribution < -0.4 is 0 Å². The lowest BCUT2D eigenvalue weighted by Crippen LogP contribution is -2.34.